The molecule has 0 amide bonds. The second-order valence-corrected chi connectivity index (χ2v) is 4.96. The standard InChI is InChI=1S/C17H18N2O/c1-13-3-2-4-14(11-13)12-20-16-7-5-15(6-8-16)17-18-9-10-19-17/h2-8,11H,9-10,12H2,1H3,(H,18,19). The highest BCUT2D eigenvalue weighted by Gasteiger charge is 2.07. The molecule has 3 nitrogen and oxygen atoms in total. The number of aryl methyl sites for hydroxylation is 1. The van der Waals surface area contributed by atoms with E-state index in [1.165, 1.54) is 11.1 Å². The van der Waals surface area contributed by atoms with Crippen LogP contribution in [0.1, 0.15) is 16.7 Å². The van der Waals surface area contributed by atoms with Crippen molar-refractivity contribution < 1.29 is 4.74 Å². The Morgan fingerprint density at radius 2 is 2.00 bits per heavy atom. The van der Waals surface area contributed by atoms with Gasteiger partial charge in [0.1, 0.15) is 18.2 Å². The van der Waals surface area contributed by atoms with Gasteiger partial charge in [-0.3, -0.25) is 4.99 Å². The molecule has 0 aliphatic carbocycles. The Hall–Kier alpha value is -2.29. The second-order valence-electron chi connectivity index (χ2n) is 4.96. The van der Waals surface area contributed by atoms with Crippen LogP contribution in [0.5, 0.6) is 5.75 Å². The summed E-state index contributed by atoms with van der Waals surface area (Å²) in [5.74, 6) is 1.86. The Bertz CT molecular complexity index is 617. The highest BCUT2D eigenvalue weighted by molar-refractivity contribution is 5.99. The Morgan fingerprint density at radius 3 is 2.70 bits per heavy atom. The molecule has 2 aromatic rings. The number of nitrogens with zero attached hydrogens (tertiary/aromatic N) is 1. The molecule has 3 rings (SSSR count). The van der Waals surface area contributed by atoms with Gasteiger partial charge in [-0.05, 0) is 36.8 Å². The molecule has 0 aromatic heterocycles. The van der Waals surface area contributed by atoms with E-state index in [0.717, 1.165) is 30.2 Å². The van der Waals surface area contributed by atoms with Crippen molar-refractivity contribution >= 4 is 5.84 Å². The first-order valence-corrected chi connectivity index (χ1v) is 6.88. The Morgan fingerprint density at radius 1 is 1.15 bits per heavy atom. The van der Waals surface area contributed by atoms with Crippen molar-refractivity contribution in [2.24, 2.45) is 4.99 Å². The first-order valence-electron chi connectivity index (χ1n) is 6.88. The molecule has 0 atom stereocenters. The van der Waals surface area contributed by atoms with E-state index in [-0.39, 0.29) is 0 Å². The van der Waals surface area contributed by atoms with Crippen molar-refractivity contribution in [2.75, 3.05) is 13.1 Å². The second kappa shape index (κ2) is 5.78. The summed E-state index contributed by atoms with van der Waals surface area (Å²) in [6.07, 6.45) is 0. The van der Waals surface area contributed by atoms with Gasteiger partial charge in [-0.25, -0.2) is 0 Å². The van der Waals surface area contributed by atoms with Crippen LogP contribution >= 0.6 is 0 Å². The third kappa shape index (κ3) is 2.99. The Labute approximate surface area is 119 Å². The molecule has 0 unspecified atom stereocenters. The molecule has 3 heteroatoms. The van der Waals surface area contributed by atoms with Gasteiger partial charge in [-0.2, -0.15) is 0 Å². The van der Waals surface area contributed by atoms with E-state index in [1.54, 1.807) is 0 Å². The van der Waals surface area contributed by atoms with Crippen molar-refractivity contribution in [1.82, 2.24) is 5.32 Å². The lowest BCUT2D eigenvalue weighted by Gasteiger charge is -2.08. The summed E-state index contributed by atoms with van der Waals surface area (Å²) in [5.41, 5.74) is 3.56. The monoisotopic (exact) mass is 266 g/mol. The maximum Gasteiger partial charge on any atom is 0.128 e. The van der Waals surface area contributed by atoms with Gasteiger partial charge in [0.15, 0.2) is 0 Å². The molecular weight excluding hydrogens is 248 g/mol. The van der Waals surface area contributed by atoms with Gasteiger partial charge in [0.2, 0.25) is 0 Å². The summed E-state index contributed by atoms with van der Waals surface area (Å²) in [7, 11) is 0. The lowest BCUT2D eigenvalue weighted by molar-refractivity contribution is 0.306. The molecule has 1 heterocycles. The molecule has 1 aliphatic heterocycles. The predicted molar refractivity (Wildman–Crippen MR) is 81.4 cm³/mol. The van der Waals surface area contributed by atoms with E-state index in [0.29, 0.717) is 6.61 Å². The number of rotatable bonds is 4. The van der Waals surface area contributed by atoms with Gasteiger partial charge in [0.05, 0.1) is 6.54 Å². The normalized spacial score (nSPS) is 13.8. The van der Waals surface area contributed by atoms with Crippen molar-refractivity contribution in [2.45, 2.75) is 13.5 Å². The van der Waals surface area contributed by atoms with Crippen molar-refractivity contribution in [3.05, 3.63) is 65.2 Å². The molecule has 1 N–H and O–H groups in total. The highest BCUT2D eigenvalue weighted by Crippen LogP contribution is 2.15. The van der Waals surface area contributed by atoms with Gasteiger partial charge < -0.3 is 10.1 Å². The molecule has 0 radical (unpaired) electrons. The highest BCUT2D eigenvalue weighted by atomic mass is 16.5. The summed E-state index contributed by atoms with van der Waals surface area (Å²) >= 11 is 0. The van der Waals surface area contributed by atoms with Crippen LogP contribution in [0.25, 0.3) is 0 Å². The zero-order chi connectivity index (χ0) is 13.8. The van der Waals surface area contributed by atoms with Gasteiger partial charge in [-0.15, -0.1) is 0 Å². The molecule has 2 aromatic carbocycles. The fourth-order valence-electron chi connectivity index (χ4n) is 2.27. The first-order chi connectivity index (χ1) is 9.81. The number of hydrogen-bond donors (Lipinski definition) is 1. The average Bonchev–Trinajstić information content (AvgIpc) is 3.00. The summed E-state index contributed by atoms with van der Waals surface area (Å²) < 4.78 is 5.80. The fourth-order valence-corrected chi connectivity index (χ4v) is 2.27. The number of ether oxygens (including phenoxy) is 1. The SMILES string of the molecule is Cc1cccc(COc2ccc(C3=NCCN3)cc2)c1. The minimum Gasteiger partial charge on any atom is -0.489 e. The lowest BCUT2D eigenvalue weighted by atomic mass is 10.1. The maximum atomic E-state index is 5.80. The number of nitrogens with one attached hydrogen (secondary N) is 1. The number of hydrogen-bond acceptors (Lipinski definition) is 3. The minimum absolute atomic E-state index is 0.597. The summed E-state index contributed by atoms with van der Waals surface area (Å²) in [6.45, 7) is 4.48. The number of aliphatic imine (C=N–C) groups is 1. The molecule has 0 saturated carbocycles. The summed E-state index contributed by atoms with van der Waals surface area (Å²) in [4.78, 5) is 4.40. The van der Waals surface area contributed by atoms with Gasteiger partial charge in [-0.1, -0.05) is 29.8 Å². The fraction of sp³-hybridized carbons (Fsp3) is 0.235. The van der Waals surface area contributed by atoms with Crippen LogP contribution in [-0.2, 0) is 6.61 Å². The van der Waals surface area contributed by atoms with Crippen LogP contribution in [0, 0.1) is 6.92 Å². The van der Waals surface area contributed by atoms with E-state index in [4.69, 9.17) is 4.74 Å². The summed E-state index contributed by atoms with van der Waals surface area (Å²) in [6, 6.07) is 16.4. The van der Waals surface area contributed by atoms with E-state index in [9.17, 15) is 0 Å². The molecule has 0 fully saturated rings. The van der Waals surface area contributed by atoms with Crippen LogP contribution < -0.4 is 10.1 Å². The molecule has 0 saturated heterocycles. The zero-order valence-electron chi connectivity index (χ0n) is 11.6. The van der Waals surface area contributed by atoms with Gasteiger partial charge in [0, 0.05) is 12.1 Å². The maximum absolute atomic E-state index is 5.80. The van der Waals surface area contributed by atoms with Crippen molar-refractivity contribution in [1.29, 1.82) is 0 Å². The summed E-state index contributed by atoms with van der Waals surface area (Å²) in [5, 5.41) is 3.27. The quantitative estimate of drug-likeness (QED) is 0.923. The van der Waals surface area contributed by atoms with Crippen LogP contribution in [0.2, 0.25) is 0 Å². The average molecular weight is 266 g/mol. The minimum atomic E-state index is 0.597. The molecule has 102 valence electrons. The van der Waals surface area contributed by atoms with E-state index in [2.05, 4.69) is 41.5 Å². The topological polar surface area (TPSA) is 33.6 Å². The third-order valence-electron chi connectivity index (χ3n) is 3.29. The van der Waals surface area contributed by atoms with E-state index in [1.807, 2.05) is 24.3 Å². The first kappa shape index (κ1) is 12.7. The van der Waals surface area contributed by atoms with Crippen LogP contribution in [0.4, 0.5) is 0 Å². The van der Waals surface area contributed by atoms with Crippen molar-refractivity contribution in [3.63, 3.8) is 0 Å². The number of benzene rings is 2. The molecular formula is C17H18N2O. The van der Waals surface area contributed by atoms with Gasteiger partial charge in [0.25, 0.3) is 0 Å². The van der Waals surface area contributed by atoms with Crippen LogP contribution in [-0.4, -0.2) is 18.9 Å². The van der Waals surface area contributed by atoms with E-state index >= 15 is 0 Å². The van der Waals surface area contributed by atoms with Crippen LogP contribution in [0.3, 0.4) is 0 Å². The van der Waals surface area contributed by atoms with E-state index < -0.39 is 0 Å². The smallest absolute Gasteiger partial charge is 0.128 e. The third-order valence-corrected chi connectivity index (χ3v) is 3.29. The van der Waals surface area contributed by atoms with Crippen LogP contribution in [0.15, 0.2) is 53.5 Å². The van der Waals surface area contributed by atoms with Gasteiger partial charge >= 0.3 is 0 Å². The molecule has 0 spiro atoms. The van der Waals surface area contributed by atoms with Crippen molar-refractivity contribution in [3.8, 4) is 5.75 Å². The number of amidine groups is 1. The Balaban J connectivity index is 1.63. The predicted octanol–water partition coefficient (Wildman–Crippen LogP) is 2.92. The molecule has 20 heavy (non-hydrogen) atoms. The molecule has 0 bridgehead atoms. The molecule has 1 aliphatic rings. The lowest BCUT2D eigenvalue weighted by Crippen LogP contribution is -2.19. The Kier molecular flexibility index (Phi) is 3.68. The largest absolute Gasteiger partial charge is 0.489 e. The zero-order valence-corrected chi connectivity index (χ0v) is 11.6.